The van der Waals surface area contributed by atoms with Crippen LogP contribution in [-0.2, 0) is 11.3 Å². The molecule has 6 nitrogen and oxygen atoms in total. The third-order valence-corrected chi connectivity index (χ3v) is 5.24. The summed E-state index contributed by atoms with van der Waals surface area (Å²) in [5.74, 6) is 1.42. The van der Waals surface area contributed by atoms with Crippen LogP contribution in [0.2, 0.25) is 0 Å². The first-order valence-corrected chi connectivity index (χ1v) is 10.1. The predicted molar refractivity (Wildman–Crippen MR) is 109 cm³/mol. The van der Waals surface area contributed by atoms with Crippen molar-refractivity contribution >= 4 is 22.0 Å². The summed E-state index contributed by atoms with van der Waals surface area (Å²) >= 11 is 3.61. The molecular formula is C20H29BrN2O4. The average molecular weight is 441 g/mol. The second-order valence-electron chi connectivity index (χ2n) is 6.40. The van der Waals surface area contributed by atoms with E-state index >= 15 is 0 Å². The molecule has 1 amide bonds. The lowest BCUT2D eigenvalue weighted by atomic mass is 10.1. The van der Waals surface area contributed by atoms with Gasteiger partial charge in [-0.2, -0.15) is 0 Å². The fraction of sp³-hybridized carbons (Fsp3) is 0.550. The number of nitrogens with zero attached hydrogens (tertiary/aromatic N) is 2. The van der Waals surface area contributed by atoms with Gasteiger partial charge in [0.2, 0.25) is 0 Å². The standard InChI is InChI=1S/C20H29BrN2O4/c1-4-5-6-7-12-27-20(24)23-10-8-22(9-11-23)15-16-13-18(25-2)19(26-3)14-17(16)21/h6-7,13-14H,4-5,8-12,15H2,1-3H3. The number of carbonyl (C=O) groups excluding carboxylic acids is 1. The lowest BCUT2D eigenvalue weighted by Gasteiger charge is -2.34. The van der Waals surface area contributed by atoms with Crippen LogP contribution in [0.25, 0.3) is 0 Å². The smallest absolute Gasteiger partial charge is 0.410 e. The molecule has 0 atom stereocenters. The number of allylic oxidation sites excluding steroid dienone is 1. The maximum Gasteiger partial charge on any atom is 0.410 e. The van der Waals surface area contributed by atoms with E-state index in [0.717, 1.165) is 42.5 Å². The fourth-order valence-corrected chi connectivity index (χ4v) is 3.36. The SMILES string of the molecule is CCCC=CCOC(=O)N1CCN(Cc2cc(OC)c(OC)cc2Br)CC1. The van der Waals surface area contributed by atoms with Gasteiger partial charge in [-0.25, -0.2) is 4.79 Å². The van der Waals surface area contributed by atoms with Gasteiger partial charge in [0.25, 0.3) is 0 Å². The predicted octanol–water partition coefficient (Wildman–Crippen LogP) is 4.08. The molecule has 1 aromatic carbocycles. The van der Waals surface area contributed by atoms with Crippen LogP contribution in [0.1, 0.15) is 25.3 Å². The summed E-state index contributed by atoms with van der Waals surface area (Å²) in [6.07, 6.45) is 5.84. The van der Waals surface area contributed by atoms with Crippen molar-refractivity contribution in [3.05, 3.63) is 34.3 Å². The zero-order chi connectivity index (χ0) is 19.6. The highest BCUT2D eigenvalue weighted by atomic mass is 79.9. The molecule has 1 heterocycles. The lowest BCUT2D eigenvalue weighted by Crippen LogP contribution is -2.48. The minimum Gasteiger partial charge on any atom is -0.493 e. The molecule has 27 heavy (non-hydrogen) atoms. The summed E-state index contributed by atoms with van der Waals surface area (Å²) in [5, 5.41) is 0. The van der Waals surface area contributed by atoms with Crippen LogP contribution in [0.15, 0.2) is 28.8 Å². The molecule has 1 aromatic rings. The Morgan fingerprint density at radius 2 is 1.78 bits per heavy atom. The molecule has 0 aromatic heterocycles. The second-order valence-corrected chi connectivity index (χ2v) is 7.25. The normalized spacial score (nSPS) is 15.2. The van der Waals surface area contributed by atoms with Crippen molar-refractivity contribution in [1.82, 2.24) is 9.80 Å². The monoisotopic (exact) mass is 440 g/mol. The topological polar surface area (TPSA) is 51.2 Å². The van der Waals surface area contributed by atoms with Gasteiger partial charge in [-0.05, 0) is 24.1 Å². The van der Waals surface area contributed by atoms with E-state index in [9.17, 15) is 4.79 Å². The molecule has 1 fully saturated rings. The van der Waals surface area contributed by atoms with E-state index in [2.05, 4.69) is 27.8 Å². The van der Waals surface area contributed by atoms with Gasteiger partial charge in [-0.3, -0.25) is 4.90 Å². The Balaban J connectivity index is 1.83. The van der Waals surface area contributed by atoms with Crippen molar-refractivity contribution in [2.24, 2.45) is 0 Å². The van der Waals surface area contributed by atoms with Gasteiger partial charge in [0.05, 0.1) is 14.2 Å². The number of unbranched alkanes of at least 4 members (excludes halogenated alkanes) is 1. The number of methoxy groups -OCH3 is 2. The molecule has 1 aliphatic rings. The van der Waals surface area contributed by atoms with Crippen molar-refractivity contribution in [2.45, 2.75) is 26.3 Å². The average Bonchev–Trinajstić information content (AvgIpc) is 2.69. The second kappa shape index (κ2) is 11.2. The maximum atomic E-state index is 12.1. The van der Waals surface area contributed by atoms with E-state index < -0.39 is 0 Å². The van der Waals surface area contributed by atoms with Crippen LogP contribution in [0.5, 0.6) is 11.5 Å². The minimum atomic E-state index is -0.233. The molecule has 0 aliphatic carbocycles. The third-order valence-electron chi connectivity index (χ3n) is 4.50. The van der Waals surface area contributed by atoms with Gasteiger partial charge in [0.1, 0.15) is 6.61 Å². The molecule has 1 aliphatic heterocycles. The minimum absolute atomic E-state index is 0.233. The first kappa shape index (κ1) is 21.6. The van der Waals surface area contributed by atoms with Crippen LogP contribution in [0.4, 0.5) is 4.79 Å². The molecule has 0 N–H and O–H groups in total. The van der Waals surface area contributed by atoms with Crippen LogP contribution < -0.4 is 9.47 Å². The van der Waals surface area contributed by atoms with Crippen molar-refractivity contribution in [3.8, 4) is 11.5 Å². The number of benzene rings is 1. The van der Waals surface area contributed by atoms with Gasteiger partial charge in [0, 0.05) is 37.2 Å². The highest BCUT2D eigenvalue weighted by Crippen LogP contribution is 2.34. The number of halogens is 1. The van der Waals surface area contributed by atoms with Crippen molar-refractivity contribution in [1.29, 1.82) is 0 Å². The van der Waals surface area contributed by atoms with E-state index in [1.807, 2.05) is 24.3 Å². The molecule has 0 spiro atoms. The summed E-state index contributed by atoms with van der Waals surface area (Å²) in [6, 6.07) is 3.92. The number of carbonyl (C=O) groups is 1. The van der Waals surface area contributed by atoms with Crippen molar-refractivity contribution < 1.29 is 19.0 Å². The van der Waals surface area contributed by atoms with E-state index in [1.165, 1.54) is 0 Å². The molecule has 0 unspecified atom stereocenters. The number of piperazine rings is 1. The Morgan fingerprint density at radius 1 is 1.11 bits per heavy atom. The van der Waals surface area contributed by atoms with Crippen molar-refractivity contribution in [2.75, 3.05) is 47.0 Å². The Kier molecular flexibility index (Phi) is 8.94. The van der Waals surface area contributed by atoms with Gasteiger partial charge in [-0.1, -0.05) is 41.4 Å². The molecule has 0 saturated carbocycles. The van der Waals surface area contributed by atoms with E-state index in [1.54, 1.807) is 19.1 Å². The maximum absolute atomic E-state index is 12.1. The van der Waals surface area contributed by atoms with Crippen LogP contribution in [0.3, 0.4) is 0 Å². The third kappa shape index (κ3) is 6.43. The fourth-order valence-electron chi connectivity index (χ4n) is 2.91. The summed E-state index contributed by atoms with van der Waals surface area (Å²) in [6.45, 7) is 6.20. The summed E-state index contributed by atoms with van der Waals surface area (Å²) in [7, 11) is 3.26. The number of ether oxygens (including phenoxy) is 3. The zero-order valence-corrected chi connectivity index (χ0v) is 18.0. The number of hydrogen-bond donors (Lipinski definition) is 0. The molecule has 2 rings (SSSR count). The molecule has 0 bridgehead atoms. The summed E-state index contributed by atoms with van der Waals surface area (Å²) in [5.41, 5.74) is 1.13. The molecule has 0 radical (unpaired) electrons. The molecular weight excluding hydrogens is 412 g/mol. The van der Waals surface area contributed by atoms with E-state index in [4.69, 9.17) is 14.2 Å². The van der Waals surface area contributed by atoms with Gasteiger partial charge >= 0.3 is 6.09 Å². The first-order chi connectivity index (χ1) is 13.1. The first-order valence-electron chi connectivity index (χ1n) is 9.28. The van der Waals surface area contributed by atoms with E-state index in [-0.39, 0.29) is 6.09 Å². The van der Waals surface area contributed by atoms with Crippen LogP contribution >= 0.6 is 15.9 Å². The van der Waals surface area contributed by atoms with Gasteiger partial charge < -0.3 is 19.1 Å². The van der Waals surface area contributed by atoms with Crippen LogP contribution in [0, 0.1) is 0 Å². The van der Waals surface area contributed by atoms with Gasteiger partial charge in [-0.15, -0.1) is 0 Å². The molecule has 150 valence electrons. The lowest BCUT2D eigenvalue weighted by molar-refractivity contribution is 0.0812. The highest BCUT2D eigenvalue weighted by Gasteiger charge is 2.23. The van der Waals surface area contributed by atoms with Gasteiger partial charge in [0.15, 0.2) is 11.5 Å². The Labute approximate surface area is 170 Å². The highest BCUT2D eigenvalue weighted by molar-refractivity contribution is 9.10. The molecule has 7 heteroatoms. The summed E-state index contributed by atoms with van der Waals surface area (Å²) in [4.78, 5) is 16.2. The Morgan fingerprint density at radius 3 is 2.41 bits per heavy atom. The number of amides is 1. The van der Waals surface area contributed by atoms with Crippen molar-refractivity contribution in [3.63, 3.8) is 0 Å². The number of hydrogen-bond acceptors (Lipinski definition) is 5. The molecule has 1 saturated heterocycles. The number of rotatable bonds is 8. The zero-order valence-electron chi connectivity index (χ0n) is 16.4. The van der Waals surface area contributed by atoms with Crippen LogP contribution in [-0.4, -0.2) is 62.9 Å². The largest absolute Gasteiger partial charge is 0.493 e. The Hall–Kier alpha value is -1.73. The summed E-state index contributed by atoms with van der Waals surface area (Å²) < 4.78 is 17.0. The Bertz CT molecular complexity index is 643. The quantitative estimate of drug-likeness (QED) is 0.570. The van der Waals surface area contributed by atoms with E-state index in [0.29, 0.717) is 31.2 Å².